The van der Waals surface area contributed by atoms with Crippen molar-refractivity contribution in [2.45, 2.75) is 26.9 Å². The summed E-state index contributed by atoms with van der Waals surface area (Å²) >= 11 is 12.2. The van der Waals surface area contributed by atoms with Crippen LogP contribution in [0.2, 0.25) is 10.0 Å². The predicted octanol–water partition coefficient (Wildman–Crippen LogP) is 7.93. The van der Waals surface area contributed by atoms with Crippen LogP contribution in [0.1, 0.15) is 22.3 Å². The van der Waals surface area contributed by atoms with Gasteiger partial charge in [-0.2, -0.15) is 0 Å². The molecular weight excluding hydrogens is 515 g/mol. The summed E-state index contributed by atoms with van der Waals surface area (Å²) in [6.45, 7) is 4.74. The quantitative estimate of drug-likeness (QED) is 0.212. The van der Waals surface area contributed by atoms with Crippen LogP contribution < -0.4 is 9.80 Å². The average Bonchev–Trinajstić information content (AvgIpc) is 2.92. The fourth-order valence-corrected chi connectivity index (χ4v) is 4.16. The van der Waals surface area contributed by atoms with Gasteiger partial charge in [0.1, 0.15) is 0 Å². The van der Waals surface area contributed by atoms with Gasteiger partial charge in [-0.3, -0.25) is 9.59 Å². The summed E-state index contributed by atoms with van der Waals surface area (Å²) < 4.78 is 0. The SMILES string of the molecule is Cc1ccc(CN(C(=O)/C=C/C(=O)N(Cc2ccc(C)cc2)c2ccc(Cl)cc2)c2ccc(Cl)cc2)cc1. The summed E-state index contributed by atoms with van der Waals surface area (Å²) in [5.41, 5.74) is 5.60. The van der Waals surface area contributed by atoms with Crippen molar-refractivity contribution < 1.29 is 9.59 Å². The van der Waals surface area contributed by atoms with Gasteiger partial charge in [-0.05, 0) is 73.5 Å². The molecule has 0 bridgehead atoms. The molecule has 4 aromatic rings. The van der Waals surface area contributed by atoms with Gasteiger partial charge >= 0.3 is 0 Å². The predicted molar refractivity (Wildman–Crippen MR) is 157 cm³/mol. The van der Waals surface area contributed by atoms with E-state index in [0.717, 1.165) is 22.3 Å². The van der Waals surface area contributed by atoms with E-state index in [1.807, 2.05) is 62.4 Å². The fourth-order valence-electron chi connectivity index (χ4n) is 3.91. The third-order valence-corrected chi connectivity index (χ3v) is 6.60. The number of benzene rings is 4. The molecule has 0 unspecified atom stereocenters. The fraction of sp³-hybridized carbons (Fsp3) is 0.125. The van der Waals surface area contributed by atoms with Crippen molar-refractivity contribution in [3.8, 4) is 0 Å². The Morgan fingerprint density at radius 3 is 1.18 bits per heavy atom. The highest BCUT2D eigenvalue weighted by molar-refractivity contribution is 6.31. The first-order valence-corrected chi connectivity index (χ1v) is 13.0. The van der Waals surface area contributed by atoms with Gasteiger partial charge in [0, 0.05) is 33.6 Å². The minimum Gasteiger partial charge on any atom is -0.304 e. The minimum atomic E-state index is -0.312. The highest BCUT2D eigenvalue weighted by Crippen LogP contribution is 2.23. The number of anilines is 2. The molecule has 0 saturated carbocycles. The van der Waals surface area contributed by atoms with Crippen LogP contribution in [0, 0.1) is 13.8 Å². The third kappa shape index (κ3) is 7.34. The van der Waals surface area contributed by atoms with Gasteiger partial charge in [0.15, 0.2) is 0 Å². The van der Waals surface area contributed by atoms with E-state index < -0.39 is 0 Å². The maximum atomic E-state index is 13.4. The van der Waals surface area contributed by atoms with E-state index in [1.54, 1.807) is 58.3 Å². The number of rotatable bonds is 8. The zero-order valence-electron chi connectivity index (χ0n) is 21.3. The molecule has 0 saturated heterocycles. The van der Waals surface area contributed by atoms with Gasteiger partial charge in [0.2, 0.25) is 0 Å². The smallest absolute Gasteiger partial charge is 0.251 e. The van der Waals surface area contributed by atoms with Crippen molar-refractivity contribution in [2.24, 2.45) is 0 Å². The van der Waals surface area contributed by atoms with Crippen LogP contribution in [0.4, 0.5) is 11.4 Å². The Morgan fingerprint density at radius 2 is 0.868 bits per heavy atom. The van der Waals surface area contributed by atoms with Gasteiger partial charge in [-0.1, -0.05) is 82.9 Å². The first-order valence-electron chi connectivity index (χ1n) is 12.2. The summed E-state index contributed by atoms with van der Waals surface area (Å²) in [5, 5.41) is 1.16. The van der Waals surface area contributed by atoms with Gasteiger partial charge in [0.25, 0.3) is 11.8 Å². The number of nitrogens with zero attached hydrogens (tertiary/aromatic N) is 2. The summed E-state index contributed by atoms with van der Waals surface area (Å²) in [4.78, 5) is 30.1. The monoisotopic (exact) mass is 542 g/mol. The van der Waals surface area contributed by atoms with E-state index in [2.05, 4.69) is 0 Å². The van der Waals surface area contributed by atoms with Crippen LogP contribution in [-0.2, 0) is 22.7 Å². The van der Waals surface area contributed by atoms with E-state index in [9.17, 15) is 9.59 Å². The topological polar surface area (TPSA) is 40.6 Å². The van der Waals surface area contributed by atoms with E-state index in [4.69, 9.17) is 23.2 Å². The lowest BCUT2D eigenvalue weighted by molar-refractivity contribution is -0.116. The number of aryl methyl sites for hydroxylation is 2. The molecule has 0 radical (unpaired) electrons. The summed E-state index contributed by atoms with van der Waals surface area (Å²) in [5.74, 6) is -0.625. The Kier molecular flexibility index (Phi) is 9.01. The van der Waals surface area contributed by atoms with E-state index in [1.165, 1.54) is 12.2 Å². The van der Waals surface area contributed by atoms with Crippen molar-refractivity contribution in [3.05, 3.63) is 142 Å². The number of hydrogen-bond acceptors (Lipinski definition) is 2. The maximum Gasteiger partial charge on any atom is 0.251 e. The average molecular weight is 543 g/mol. The molecule has 4 nitrogen and oxygen atoms in total. The van der Waals surface area contributed by atoms with Gasteiger partial charge in [-0.25, -0.2) is 0 Å². The Bertz CT molecular complexity index is 1300. The lowest BCUT2D eigenvalue weighted by Crippen LogP contribution is -2.31. The first-order chi connectivity index (χ1) is 18.3. The van der Waals surface area contributed by atoms with Crippen LogP contribution >= 0.6 is 23.2 Å². The van der Waals surface area contributed by atoms with Crippen molar-refractivity contribution in [2.75, 3.05) is 9.80 Å². The molecule has 0 atom stereocenters. The molecular formula is C32H28Cl2N2O2. The second kappa shape index (κ2) is 12.6. The van der Waals surface area contributed by atoms with Crippen LogP contribution in [0.5, 0.6) is 0 Å². The molecule has 192 valence electrons. The maximum absolute atomic E-state index is 13.4. The molecule has 0 N–H and O–H groups in total. The van der Waals surface area contributed by atoms with E-state index in [0.29, 0.717) is 34.5 Å². The molecule has 0 heterocycles. The molecule has 0 aliphatic rings. The summed E-state index contributed by atoms with van der Waals surface area (Å²) in [7, 11) is 0. The number of halogens is 2. The lowest BCUT2D eigenvalue weighted by Gasteiger charge is -2.23. The minimum absolute atomic E-state index is 0.312. The molecule has 0 aliphatic heterocycles. The Balaban J connectivity index is 1.59. The summed E-state index contributed by atoms with van der Waals surface area (Å²) in [6, 6.07) is 30.1. The van der Waals surface area contributed by atoms with Crippen molar-refractivity contribution in [1.82, 2.24) is 0 Å². The van der Waals surface area contributed by atoms with Gasteiger partial charge in [0.05, 0.1) is 13.1 Å². The Hall–Kier alpha value is -3.86. The number of hydrogen-bond donors (Lipinski definition) is 0. The third-order valence-electron chi connectivity index (χ3n) is 6.10. The van der Waals surface area contributed by atoms with Crippen molar-refractivity contribution in [1.29, 1.82) is 0 Å². The van der Waals surface area contributed by atoms with E-state index >= 15 is 0 Å². The Labute approximate surface area is 233 Å². The normalized spacial score (nSPS) is 10.9. The van der Waals surface area contributed by atoms with Crippen LogP contribution in [0.3, 0.4) is 0 Å². The number of carbonyl (C=O) groups excluding carboxylic acids is 2. The zero-order chi connectivity index (χ0) is 27.1. The van der Waals surface area contributed by atoms with Crippen molar-refractivity contribution >= 4 is 46.4 Å². The number of carbonyl (C=O) groups is 2. The second-order valence-electron chi connectivity index (χ2n) is 9.11. The number of amides is 2. The Morgan fingerprint density at radius 1 is 0.553 bits per heavy atom. The standard InChI is InChI=1S/C32H28Cl2N2O2/c1-23-3-7-25(8-4-23)21-35(29-15-11-27(33)12-16-29)31(37)19-20-32(38)36(30-17-13-28(34)14-18-30)22-26-9-5-24(2)6-10-26/h3-20H,21-22H2,1-2H3/b20-19+. The first kappa shape index (κ1) is 27.2. The second-order valence-corrected chi connectivity index (χ2v) is 9.98. The molecule has 0 aromatic heterocycles. The van der Waals surface area contributed by atoms with Crippen molar-refractivity contribution in [3.63, 3.8) is 0 Å². The molecule has 38 heavy (non-hydrogen) atoms. The highest BCUT2D eigenvalue weighted by atomic mass is 35.5. The lowest BCUT2D eigenvalue weighted by atomic mass is 10.1. The summed E-state index contributed by atoms with van der Waals surface area (Å²) in [6.07, 6.45) is 2.65. The van der Waals surface area contributed by atoms with E-state index in [-0.39, 0.29) is 11.8 Å². The van der Waals surface area contributed by atoms with Crippen LogP contribution in [0.25, 0.3) is 0 Å². The highest BCUT2D eigenvalue weighted by Gasteiger charge is 2.18. The zero-order valence-corrected chi connectivity index (χ0v) is 22.8. The molecule has 0 spiro atoms. The molecule has 4 aromatic carbocycles. The molecule has 6 heteroatoms. The van der Waals surface area contributed by atoms with Gasteiger partial charge < -0.3 is 9.80 Å². The van der Waals surface area contributed by atoms with Crippen LogP contribution in [-0.4, -0.2) is 11.8 Å². The largest absolute Gasteiger partial charge is 0.304 e. The molecule has 4 rings (SSSR count). The molecule has 0 fully saturated rings. The van der Waals surface area contributed by atoms with Gasteiger partial charge in [-0.15, -0.1) is 0 Å². The van der Waals surface area contributed by atoms with Crippen LogP contribution in [0.15, 0.2) is 109 Å². The molecule has 0 aliphatic carbocycles. The molecule has 2 amide bonds.